The Balaban J connectivity index is 2.25. The highest BCUT2D eigenvalue weighted by Gasteiger charge is 2.28. The summed E-state index contributed by atoms with van der Waals surface area (Å²) in [5, 5.41) is 9.47. The number of ether oxygens (including phenoxy) is 1. The monoisotopic (exact) mass is 287 g/mol. The molecule has 0 N–H and O–H groups in total. The lowest BCUT2D eigenvalue weighted by Crippen LogP contribution is -2.09. The van der Waals surface area contributed by atoms with E-state index >= 15 is 0 Å². The van der Waals surface area contributed by atoms with Gasteiger partial charge in [0.15, 0.2) is 0 Å². The average Bonchev–Trinajstić information content (AvgIpc) is 2.89. The average molecular weight is 287 g/mol. The Kier molecular flexibility index (Phi) is 3.59. The van der Waals surface area contributed by atoms with Crippen LogP contribution in [0.3, 0.4) is 0 Å². The van der Waals surface area contributed by atoms with Crippen molar-refractivity contribution < 1.29 is 9.53 Å². The van der Waals surface area contributed by atoms with Gasteiger partial charge in [-0.05, 0) is 22.3 Å². The molecule has 0 heterocycles. The van der Waals surface area contributed by atoms with Crippen LogP contribution in [-0.4, -0.2) is 12.6 Å². The van der Waals surface area contributed by atoms with Gasteiger partial charge in [-0.3, -0.25) is 0 Å². The van der Waals surface area contributed by atoms with Crippen LogP contribution >= 0.6 is 0 Å². The van der Waals surface area contributed by atoms with Gasteiger partial charge in [-0.15, -0.1) is 0 Å². The number of carbonyl (C=O) groups is 1. The quantitative estimate of drug-likeness (QED) is 0.319. The standard InChI is InChI=1S/C19H13NO2/c1-2-11-22-19(21)17(12-20)18-15-9-5-3-7-13(15)14-8-4-6-10-16(14)18/h2-10H,1,11H2. The Morgan fingerprint density at radius 1 is 1.05 bits per heavy atom. The Morgan fingerprint density at radius 2 is 1.55 bits per heavy atom. The summed E-state index contributed by atoms with van der Waals surface area (Å²) in [5.74, 6) is -0.621. The van der Waals surface area contributed by atoms with Crippen molar-refractivity contribution in [1.29, 1.82) is 5.26 Å². The van der Waals surface area contributed by atoms with Crippen LogP contribution in [0, 0.1) is 11.3 Å². The molecule has 2 aromatic carbocycles. The Labute approximate surface area is 128 Å². The minimum absolute atomic E-state index is 0.0271. The lowest BCUT2D eigenvalue weighted by atomic mass is 9.98. The molecule has 0 saturated heterocycles. The third kappa shape index (κ3) is 2.11. The van der Waals surface area contributed by atoms with Crippen LogP contribution < -0.4 is 0 Å². The van der Waals surface area contributed by atoms with Crippen molar-refractivity contribution in [2.75, 3.05) is 6.61 Å². The second-order valence-corrected chi connectivity index (χ2v) is 4.84. The van der Waals surface area contributed by atoms with Crippen molar-refractivity contribution in [3.05, 3.63) is 77.9 Å². The van der Waals surface area contributed by atoms with E-state index < -0.39 is 5.97 Å². The molecule has 0 bridgehead atoms. The number of hydrogen-bond acceptors (Lipinski definition) is 3. The summed E-state index contributed by atoms with van der Waals surface area (Å²) in [6, 6.07) is 17.5. The van der Waals surface area contributed by atoms with E-state index in [1.807, 2.05) is 54.6 Å². The first-order chi connectivity index (χ1) is 10.8. The minimum atomic E-state index is -0.621. The lowest BCUT2D eigenvalue weighted by molar-refractivity contribution is -0.137. The van der Waals surface area contributed by atoms with Crippen molar-refractivity contribution in [3.63, 3.8) is 0 Å². The molecule has 2 aromatic rings. The largest absolute Gasteiger partial charge is 0.457 e. The number of esters is 1. The summed E-state index contributed by atoms with van der Waals surface area (Å²) < 4.78 is 5.05. The van der Waals surface area contributed by atoms with Gasteiger partial charge in [-0.2, -0.15) is 5.26 Å². The van der Waals surface area contributed by atoms with E-state index in [1.165, 1.54) is 6.08 Å². The molecule has 3 rings (SSSR count). The zero-order valence-corrected chi connectivity index (χ0v) is 11.9. The van der Waals surface area contributed by atoms with Gasteiger partial charge in [0.25, 0.3) is 0 Å². The third-order valence-corrected chi connectivity index (χ3v) is 3.58. The summed E-state index contributed by atoms with van der Waals surface area (Å²) in [6.45, 7) is 3.59. The molecule has 0 saturated carbocycles. The zero-order valence-electron chi connectivity index (χ0n) is 11.9. The molecule has 0 aliphatic heterocycles. The fourth-order valence-corrected chi connectivity index (χ4v) is 2.70. The fourth-order valence-electron chi connectivity index (χ4n) is 2.70. The van der Waals surface area contributed by atoms with Crippen molar-refractivity contribution in [3.8, 4) is 17.2 Å². The summed E-state index contributed by atoms with van der Waals surface area (Å²) in [6.07, 6.45) is 1.48. The lowest BCUT2D eigenvalue weighted by Gasteiger charge is -2.06. The maximum absolute atomic E-state index is 12.2. The molecule has 0 spiro atoms. The van der Waals surface area contributed by atoms with Crippen LogP contribution in [0.5, 0.6) is 0 Å². The molecule has 3 nitrogen and oxygen atoms in total. The molecule has 0 radical (unpaired) electrons. The Bertz CT molecular complexity index is 793. The van der Waals surface area contributed by atoms with E-state index in [1.54, 1.807) is 0 Å². The van der Waals surface area contributed by atoms with Gasteiger partial charge in [0.05, 0.1) is 0 Å². The predicted octanol–water partition coefficient (Wildman–Crippen LogP) is 3.72. The fraction of sp³-hybridized carbons (Fsp3) is 0.0526. The number of benzene rings is 2. The molecule has 1 aliphatic carbocycles. The van der Waals surface area contributed by atoms with Crippen LogP contribution in [0.4, 0.5) is 0 Å². The summed E-state index contributed by atoms with van der Waals surface area (Å²) in [4.78, 5) is 12.2. The first-order valence-corrected chi connectivity index (χ1v) is 6.89. The van der Waals surface area contributed by atoms with Crippen LogP contribution in [-0.2, 0) is 9.53 Å². The highest BCUT2D eigenvalue weighted by Crippen LogP contribution is 2.45. The molecule has 3 heteroatoms. The molecule has 0 unspecified atom stereocenters. The van der Waals surface area contributed by atoms with Crippen molar-refractivity contribution in [2.45, 2.75) is 0 Å². The molecular formula is C19H13NO2. The van der Waals surface area contributed by atoms with E-state index in [-0.39, 0.29) is 12.2 Å². The number of hydrogen-bond donors (Lipinski definition) is 0. The number of fused-ring (bicyclic) bond motifs is 3. The normalized spacial score (nSPS) is 11.1. The maximum atomic E-state index is 12.2. The van der Waals surface area contributed by atoms with E-state index in [2.05, 4.69) is 6.58 Å². The van der Waals surface area contributed by atoms with Crippen LogP contribution in [0.15, 0.2) is 66.8 Å². The molecule has 0 atom stereocenters. The highest BCUT2D eigenvalue weighted by molar-refractivity contribution is 6.12. The maximum Gasteiger partial charge on any atom is 0.349 e. The smallest absolute Gasteiger partial charge is 0.349 e. The van der Waals surface area contributed by atoms with Crippen molar-refractivity contribution in [1.82, 2.24) is 0 Å². The summed E-state index contributed by atoms with van der Waals surface area (Å²) in [7, 11) is 0. The molecule has 0 fully saturated rings. The van der Waals surface area contributed by atoms with Crippen molar-refractivity contribution >= 4 is 11.5 Å². The Hall–Kier alpha value is -3.12. The van der Waals surface area contributed by atoms with Crippen LogP contribution in [0.25, 0.3) is 16.7 Å². The van der Waals surface area contributed by atoms with Gasteiger partial charge in [-0.25, -0.2) is 4.79 Å². The first kappa shape index (κ1) is 13.8. The van der Waals surface area contributed by atoms with E-state index in [4.69, 9.17) is 4.74 Å². The second kappa shape index (κ2) is 5.71. The molecule has 106 valence electrons. The SMILES string of the molecule is C=CCOC(=O)C(C#N)=C1c2ccccc2-c2ccccc21. The van der Waals surface area contributed by atoms with Gasteiger partial charge in [0.1, 0.15) is 18.2 Å². The second-order valence-electron chi connectivity index (χ2n) is 4.84. The number of rotatable bonds is 3. The number of carbonyl (C=O) groups excluding carboxylic acids is 1. The van der Waals surface area contributed by atoms with Gasteiger partial charge in [0.2, 0.25) is 0 Å². The molecule has 22 heavy (non-hydrogen) atoms. The predicted molar refractivity (Wildman–Crippen MR) is 84.7 cm³/mol. The number of nitriles is 1. The Morgan fingerprint density at radius 3 is 2.00 bits per heavy atom. The molecular weight excluding hydrogens is 274 g/mol. The van der Waals surface area contributed by atoms with Gasteiger partial charge >= 0.3 is 5.97 Å². The van der Waals surface area contributed by atoms with E-state index in [9.17, 15) is 10.1 Å². The van der Waals surface area contributed by atoms with Gasteiger partial charge < -0.3 is 4.74 Å². The zero-order chi connectivity index (χ0) is 15.5. The van der Waals surface area contributed by atoms with E-state index in [0.29, 0.717) is 5.57 Å². The van der Waals surface area contributed by atoms with E-state index in [0.717, 1.165) is 22.3 Å². The highest BCUT2D eigenvalue weighted by atomic mass is 16.5. The molecule has 1 aliphatic rings. The minimum Gasteiger partial charge on any atom is -0.457 e. The van der Waals surface area contributed by atoms with Crippen molar-refractivity contribution in [2.24, 2.45) is 0 Å². The number of nitrogens with zero attached hydrogens (tertiary/aromatic N) is 1. The molecule has 0 aromatic heterocycles. The third-order valence-electron chi connectivity index (χ3n) is 3.58. The van der Waals surface area contributed by atoms with Gasteiger partial charge in [-0.1, -0.05) is 61.2 Å². The van der Waals surface area contributed by atoms with Crippen LogP contribution in [0.2, 0.25) is 0 Å². The summed E-state index contributed by atoms with van der Waals surface area (Å²) >= 11 is 0. The molecule has 0 amide bonds. The first-order valence-electron chi connectivity index (χ1n) is 6.89. The van der Waals surface area contributed by atoms with Gasteiger partial charge in [0, 0.05) is 5.57 Å². The summed E-state index contributed by atoms with van der Waals surface area (Å²) in [5.41, 5.74) is 4.49. The topological polar surface area (TPSA) is 50.1 Å². The van der Waals surface area contributed by atoms with Crippen LogP contribution in [0.1, 0.15) is 11.1 Å².